The number of thioether (sulfide) groups is 1. The first-order valence-corrected chi connectivity index (χ1v) is 8.09. The summed E-state index contributed by atoms with van der Waals surface area (Å²) in [6, 6.07) is 5.88. The van der Waals surface area contributed by atoms with Gasteiger partial charge in [-0.05, 0) is 43.9 Å². The lowest BCUT2D eigenvalue weighted by Crippen LogP contribution is -2.28. The Hall–Kier alpha value is -1.86. The van der Waals surface area contributed by atoms with E-state index in [1.54, 1.807) is 23.6 Å². The molecule has 0 saturated carbocycles. The van der Waals surface area contributed by atoms with Crippen molar-refractivity contribution < 1.29 is 14.3 Å². The Balaban J connectivity index is 2.27. The summed E-state index contributed by atoms with van der Waals surface area (Å²) in [5.74, 6) is -0.615. The van der Waals surface area contributed by atoms with E-state index in [9.17, 15) is 14.3 Å². The third-order valence-corrected chi connectivity index (χ3v) is 3.73. The molecule has 5 nitrogen and oxygen atoms in total. The standard InChI is InChI=1S/C15H18FN3O2S/c1-10(20)7-8-17-14(21)13-9-18-15(22-2)19(13)12-5-3-11(16)4-6-12/h3-6,9-10,20H,7-8H2,1-2H3,(H,17,21). The first kappa shape index (κ1) is 16.5. The normalized spacial score (nSPS) is 12.2. The lowest BCUT2D eigenvalue weighted by Gasteiger charge is -2.11. The number of amides is 1. The van der Waals surface area contributed by atoms with Gasteiger partial charge in [-0.25, -0.2) is 9.37 Å². The Morgan fingerprint density at radius 2 is 2.14 bits per heavy atom. The van der Waals surface area contributed by atoms with Crippen LogP contribution in [0, 0.1) is 5.82 Å². The van der Waals surface area contributed by atoms with Crippen LogP contribution in [-0.4, -0.2) is 39.5 Å². The fraction of sp³-hybridized carbons (Fsp3) is 0.333. The summed E-state index contributed by atoms with van der Waals surface area (Å²) in [5.41, 5.74) is 1.05. The van der Waals surface area contributed by atoms with Crippen LogP contribution < -0.4 is 5.32 Å². The molecule has 0 fully saturated rings. The van der Waals surface area contributed by atoms with Crippen molar-refractivity contribution in [2.75, 3.05) is 12.8 Å². The number of nitrogens with one attached hydrogen (secondary N) is 1. The molecule has 22 heavy (non-hydrogen) atoms. The molecular formula is C15H18FN3O2S. The molecular weight excluding hydrogens is 305 g/mol. The van der Waals surface area contributed by atoms with Crippen molar-refractivity contribution in [1.29, 1.82) is 0 Å². The summed E-state index contributed by atoms with van der Waals surface area (Å²) in [5, 5.41) is 12.6. The van der Waals surface area contributed by atoms with Crippen molar-refractivity contribution in [1.82, 2.24) is 14.9 Å². The summed E-state index contributed by atoms with van der Waals surface area (Å²) in [6.07, 6.45) is 3.36. The highest BCUT2D eigenvalue weighted by Gasteiger charge is 2.17. The molecule has 1 aromatic heterocycles. The third kappa shape index (κ3) is 3.86. The Morgan fingerprint density at radius 3 is 2.73 bits per heavy atom. The molecule has 1 heterocycles. The van der Waals surface area contributed by atoms with Gasteiger partial charge in [-0.2, -0.15) is 0 Å². The van der Waals surface area contributed by atoms with Crippen LogP contribution in [0.5, 0.6) is 0 Å². The van der Waals surface area contributed by atoms with Gasteiger partial charge in [0.1, 0.15) is 11.5 Å². The van der Waals surface area contributed by atoms with E-state index in [0.717, 1.165) is 0 Å². The quantitative estimate of drug-likeness (QED) is 0.800. The van der Waals surface area contributed by atoms with E-state index >= 15 is 0 Å². The number of halogens is 1. The first-order valence-electron chi connectivity index (χ1n) is 6.87. The molecule has 0 aliphatic rings. The molecule has 1 atom stereocenters. The number of aromatic nitrogens is 2. The van der Waals surface area contributed by atoms with Crippen molar-refractivity contribution >= 4 is 17.7 Å². The number of rotatable bonds is 6. The minimum absolute atomic E-state index is 0.280. The molecule has 1 aromatic carbocycles. The van der Waals surface area contributed by atoms with Gasteiger partial charge in [-0.1, -0.05) is 11.8 Å². The number of hydrogen-bond donors (Lipinski definition) is 2. The van der Waals surface area contributed by atoms with Crippen LogP contribution in [0.25, 0.3) is 5.69 Å². The number of carbonyl (C=O) groups excluding carboxylic acids is 1. The van der Waals surface area contributed by atoms with Crippen molar-refractivity contribution in [3.63, 3.8) is 0 Å². The molecule has 7 heteroatoms. The van der Waals surface area contributed by atoms with E-state index in [1.165, 1.54) is 30.1 Å². The largest absolute Gasteiger partial charge is 0.393 e. The van der Waals surface area contributed by atoms with Crippen LogP contribution >= 0.6 is 11.8 Å². The van der Waals surface area contributed by atoms with E-state index < -0.39 is 6.10 Å². The Morgan fingerprint density at radius 1 is 1.45 bits per heavy atom. The van der Waals surface area contributed by atoms with Crippen molar-refractivity contribution in [2.24, 2.45) is 0 Å². The van der Waals surface area contributed by atoms with Crippen molar-refractivity contribution in [2.45, 2.75) is 24.6 Å². The maximum absolute atomic E-state index is 13.1. The predicted molar refractivity (Wildman–Crippen MR) is 83.9 cm³/mol. The fourth-order valence-electron chi connectivity index (χ4n) is 1.96. The van der Waals surface area contributed by atoms with E-state index in [4.69, 9.17) is 0 Å². The van der Waals surface area contributed by atoms with Gasteiger partial charge in [0.15, 0.2) is 5.16 Å². The number of benzene rings is 1. The highest BCUT2D eigenvalue weighted by Crippen LogP contribution is 2.22. The van der Waals surface area contributed by atoms with E-state index in [0.29, 0.717) is 29.5 Å². The molecule has 2 rings (SSSR count). The average molecular weight is 323 g/mol. The molecule has 2 N–H and O–H groups in total. The number of imidazole rings is 1. The Labute approximate surface area is 132 Å². The Kier molecular flexibility index (Phi) is 5.57. The molecule has 0 bridgehead atoms. The van der Waals surface area contributed by atoms with Gasteiger partial charge in [0, 0.05) is 12.2 Å². The molecule has 1 unspecified atom stereocenters. The number of hydrogen-bond acceptors (Lipinski definition) is 4. The fourth-order valence-corrected chi connectivity index (χ4v) is 2.51. The number of carbonyl (C=O) groups is 1. The van der Waals surface area contributed by atoms with Gasteiger partial charge in [-0.3, -0.25) is 9.36 Å². The van der Waals surface area contributed by atoms with Crippen LogP contribution in [-0.2, 0) is 0 Å². The first-order chi connectivity index (χ1) is 10.5. The molecule has 1 amide bonds. The molecule has 0 aliphatic heterocycles. The van der Waals surface area contributed by atoms with Crippen molar-refractivity contribution in [3.05, 3.63) is 42.0 Å². The maximum atomic E-state index is 13.1. The summed E-state index contributed by atoms with van der Waals surface area (Å²) >= 11 is 1.40. The van der Waals surface area contributed by atoms with Gasteiger partial charge in [-0.15, -0.1) is 0 Å². The second-order valence-electron chi connectivity index (χ2n) is 4.84. The molecule has 118 valence electrons. The molecule has 0 radical (unpaired) electrons. The van der Waals surface area contributed by atoms with Crippen LogP contribution in [0.2, 0.25) is 0 Å². The van der Waals surface area contributed by atoms with Crippen LogP contribution in [0.15, 0.2) is 35.6 Å². The lowest BCUT2D eigenvalue weighted by atomic mass is 10.2. The molecule has 2 aromatic rings. The van der Waals surface area contributed by atoms with Crippen LogP contribution in [0.4, 0.5) is 4.39 Å². The predicted octanol–water partition coefficient (Wildman–Crippen LogP) is 2.23. The summed E-state index contributed by atoms with van der Waals surface area (Å²) < 4.78 is 14.8. The van der Waals surface area contributed by atoms with E-state index in [1.807, 2.05) is 6.26 Å². The SMILES string of the molecule is CSc1ncc(C(=O)NCCC(C)O)n1-c1ccc(F)cc1. The van der Waals surface area contributed by atoms with Gasteiger partial charge in [0.05, 0.1) is 12.3 Å². The number of aliphatic hydroxyl groups excluding tert-OH is 1. The highest BCUT2D eigenvalue weighted by molar-refractivity contribution is 7.98. The molecule has 0 spiro atoms. The second-order valence-corrected chi connectivity index (χ2v) is 5.61. The minimum Gasteiger partial charge on any atom is -0.393 e. The second kappa shape index (κ2) is 7.42. The van der Waals surface area contributed by atoms with Crippen molar-refractivity contribution in [3.8, 4) is 5.69 Å². The van der Waals surface area contributed by atoms with E-state index in [-0.39, 0.29) is 11.7 Å². The summed E-state index contributed by atoms with van der Waals surface area (Å²) in [4.78, 5) is 16.5. The van der Waals surface area contributed by atoms with Gasteiger partial charge in [0.2, 0.25) is 0 Å². The minimum atomic E-state index is -0.468. The smallest absolute Gasteiger partial charge is 0.269 e. The summed E-state index contributed by atoms with van der Waals surface area (Å²) in [6.45, 7) is 2.04. The highest BCUT2D eigenvalue weighted by atomic mass is 32.2. The van der Waals surface area contributed by atoms with Gasteiger partial charge >= 0.3 is 0 Å². The van der Waals surface area contributed by atoms with E-state index in [2.05, 4.69) is 10.3 Å². The lowest BCUT2D eigenvalue weighted by molar-refractivity contribution is 0.0938. The topological polar surface area (TPSA) is 67.2 Å². The van der Waals surface area contributed by atoms with Crippen LogP contribution in [0.3, 0.4) is 0 Å². The molecule has 0 aliphatic carbocycles. The summed E-state index contributed by atoms with van der Waals surface area (Å²) in [7, 11) is 0. The maximum Gasteiger partial charge on any atom is 0.269 e. The average Bonchev–Trinajstić information content (AvgIpc) is 2.91. The zero-order valence-corrected chi connectivity index (χ0v) is 13.2. The zero-order valence-electron chi connectivity index (χ0n) is 12.4. The molecule has 0 saturated heterocycles. The monoisotopic (exact) mass is 323 g/mol. The zero-order chi connectivity index (χ0) is 16.1. The van der Waals surface area contributed by atoms with Gasteiger partial charge < -0.3 is 10.4 Å². The number of aliphatic hydroxyl groups is 1. The third-order valence-electron chi connectivity index (χ3n) is 3.08. The Bertz CT molecular complexity index is 641. The number of nitrogens with zero attached hydrogens (tertiary/aromatic N) is 2. The van der Waals surface area contributed by atoms with Gasteiger partial charge in [0.25, 0.3) is 5.91 Å². The van der Waals surface area contributed by atoms with Crippen LogP contribution in [0.1, 0.15) is 23.8 Å².